The molecular formula is C8H8N2OS. The average Bonchev–Trinajstić information content (AvgIpc) is 2.69. The largest absolute Gasteiger partial charge is 0.244 e. The molecule has 62 valence electrons. The van der Waals surface area contributed by atoms with Crippen LogP contribution in [-0.4, -0.2) is 11.1 Å². The molecule has 1 aromatic rings. The van der Waals surface area contributed by atoms with Crippen molar-refractivity contribution >= 4 is 17.4 Å². The van der Waals surface area contributed by atoms with Crippen molar-refractivity contribution in [3.05, 3.63) is 16.1 Å². The number of rotatable bonds is 2. The van der Waals surface area contributed by atoms with Crippen LogP contribution < -0.4 is 0 Å². The van der Waals surface area contributed by atoms with E-state index < -0.39 is 0 Å². The van der Waals surface area contributed by atoms with Crippen molar-refractivity contribution in [2.24, 2.45) is 4.99 Å². The maximum Gasteiger partial charge on any atom is 0.235 e. The van der Waals surface area contributed by atoms with Gasteiger partial charge in [0.05, 0.1) is 10.7 Å². The second-order valence-electron chi connectivity index (χ2n) is 2.99. The van der Waals surface area contributed by atoms with Gasteiger partial charge in [0.2, 0.25) is 6.08 Å². The molecule has 0 amide bonds. The Kier molecular flexibility index (Phi) is 1.60. The van der Waals surface area contributed by atoms with Gasteiger partial charge >= 0.3 is 0 Å². The molecule has 12 heavy (non-hydrogen) atoms. The van der Waals surface area contributed by atoms with Crippen molar-refractivity contribution in [2.75, 3.05) is 0 Å². The Labute approximate surface area is 74.2 Å². The Morgan fingerprint density at radius 1 is 1.75 bits per heavy atom. The lowest BCUT2D eigenvalue weighted by Crippen LogP contribution is -2.02. The smallest absolute Gasteiger partial charge is 0.235 e. The minimum Gasteiger partial charge on any atom is -0.244 e. The number of aryl methyl sites for hydroxylation is 1. The highest BCUT2D eigenvalue weighted by molar-refractivity contribution is 7.09. The van der Waals surface area contributed by atoms with Crippen LogP contribution in [0.15, 0.2) is 10.4 Å². The number of thiazole rings is 1. The molecule has 1 fully saturated rings. The van der Waals surface area contributed by atoms with Crippen LogP contribution in [0.25, 0.3) is 0 Å². The van der Waals surface area contributed by atoms with Crippen molar-refractivity contribution < 1.29 is 4.79 Å². The normalized spacial score (nSPS) is 18.4. The lowest BCUT2D eigenvalue weighted by atomic mass is 10.2. The van der Waals surface area contributed by atoms with Gasteiger partial charge < -0.3 is 0 Å². The van der Waals surface area contributed by atoms with Gasteiger partial charge in [0, 0.05) is 5.38 Å². The first-order chi connectivity index (χ1) is 5.77. The molecule has 1 aromatic heterocycles. The van der Waals surface area contributed by atoms with Crippen LogP contribution >= 0.6 is 11.3 Å². The summed E-state index contributed by atoms with van der Waals surface area (Å²) in [6.07, 6.45) is 3.49. The Bertz CT molecular complexity index is 348. The van der Waals surface area contributed by atoms with E-state index in [1.165, 1.54) is 0 Å². The molecule has 1 saturated carbocycles. The molecule has 0 unspecified atom stereocenters. The number of hydrogen-bond acceptors (Lipinski definition) is 4. The lowest BCUT2D eigenvalue weighted by molar-refractivity contribution is 0.555. The molecule has 4 heteroatoms. The van der Waals surface area contributed by atoms with Gasteiger partial charge in [-0.1, -0.05) is 0 Å². The molecule has 2 rings (SSSR count). The van der Waals surface area contributed by atoms with Crippen LogP contribution in [0.4, 0.5) is 0 Å². The van der Waals surface area contributed by atoms with Crippen LogP contribution in [0.5, 0.6) is 0 Å². The predicted octanol–water partition coefficient (Wildman–Crippen LogP) is 1.78. The lowest BCUT2D eigenvalue weighted by Gasteiger charge is -2.00. The van der Waals surface area contributed by atoms with E-state index in [9.17, 15) is 4.79 Å². The molecule has 0 atom stereocenters. The number of isocyanates is 1. The van der Waals surface area contributed by atoms with Crippen LogP contribution in [0.3, 0.4) is 0 Å². The van der Waals surface area contributed by atoms with Crippen LogP contribution in [0, 0.1) is 6.92 Å². The van der Waals surface area contributed by atoms with Crippen LogP contribution in [-0.2, 0) is 10.3 Å². The third-order valence-electron chi connectivity index (χ3n) is 2.08. The van der Waals surface area contributed by atoms with Gasteiger partial charge in [0.1, 0.15) is 5.54 Å². The summed E-state index contributed by atoms with van der Waals surface area (Å²) >= 11 is 1.60. The number of nitrogens with zero attached hydrogens (tertiary/aromatic N) is 2. The Balaban J connectivity index is 2.36. The molecule has 0 N–H and O–H groups in total. The highest BCUT2D eigenvalue weighted by atomic mass is 32.1. The van der Waals surface area contributed by atoms with Gasteiger partial charge in [-0.25, -0.2) is 9.78 Å². The average molecular weight is 180 g/mol. The van der Waals surface area contributed by atoms with E-state index in [0.717, 1.165) is 23.5 Å². The Morgan fingerprint density at radius 2 is 2.50 bits per heavy atom. The summed E-state index contributed by atoms with van der Waals surface area (Å²) in [5.41, 5.74) is 0.653. The maximum atomic E-state index is 10.1. The fraction of sp³-hybridized carbons (Fsp3) is 0.500. The predicted molar refractivity (Wildman–Crippen MR) is 45.9 cm³/mol. The van der Waals surface area contributed by atoms with Gasteiger partial charge in [0.15, 0.2) is 0 Å². The number of aliphatic imine (C=N–C) groups is 1. The summed E-state index contributed by atoms with van der Waals surface area (Å²) in [5, 5.41) is 3.00. The standard InChI is InChI=1S/C8H8N2OS/c1-6-10-7(4-12-6)8(2-3-8)9-5-11/h4H,2-3H2,1H3. The molecule has 0 spiro atoms. The van der Waals surface area contributed by atoms with Gasteiger partial charge in [-0.2, -0.15) is 4.99 Å². The topological polar surface area (TPSA) is 42.3 Å². The minimum atomic E-state index is -0.285. The van der Waals surface area contributed by atoms with Crippen molar-refractivity contribution in [3.8, 4) is 0 Å². The molecule has 3 nitrogen and oxygen atoms in total. The summed E-state index contributed by atoms with van der Waals surface area (Å²) in [6, 6.07) is 0. The van der Waals surface area contributed by atoms with Crippen molar-refractivity contribution in [3.63, 3.8) is 0 Å². The molecule has 1 aliphatic rings. The molecule has 0 aromatic carbocycles. The summed E-state index contributed by atoms with van der Waals surface area (Å²) in [5.74, 6) is 0. The van der Waals surface area contributed by atoms with Gasteiger partial charge in [-0.3, -0.25) is 0 Å². The second-order valence-corrected chi connectivity index (χ2v) is 4.05. The number of hydrogen-bond donors (Lipinski definition) is 0. The quantitative estimate of drug-likeness (QED) is 0.514. The zero-order chi connectivity index (χ0) is 8.60. The third kappa shape index (κ3) is 1.09. The van der Waals surface area contributed by atoms with E-state index in [2.05, 4.69) is 9.98 Å². The van der Waals surface area contributed by atoms with Crippen molar-refractivity contribution in [1.29, 1.82) is 0 Å². The van der Waals surface area contributed by atoms with Gasteiger partial charge in [-0.05, 0) is 19.8 Å². The second kappa shape index (κ2) is 2.51. The fourth-order valence-electron chi connectivity index (χ4n) is 1.21. The van der Waals surface area contributed by atoms with E-state index >= 15 is 0 Å². The minimum absolute atomic E-state index is 0.285. The van der Waals surface area contributed by atoms with E-state index in [4.69, 9.17) is 0 Å². The summed E-state index contributed by atoms with van der Waals surface area (Å²) in [6.45, 7) is 1.95. The van der Waals surface area contributed by atoms with E-state index in [0.29, 0.717) is 0 Å². The Morgan fingerprint density at radius 3 is 2.92 bits per heavy atom. The zero-order valence-corrected chi connectivity index (χ0v) is 7.52. The van der Waals surface area contributed by atoms with E-state index in [-0.39, 0.29) is 5.54 Å². The molecular weight excluding hydrogens is 172 g/mol. The fourth-order valence-corrected chi connectivity index (χ4v) is 1.91. The summed E-state index contributed by atoms with van der Waals surface area (Å²) in [4.78, 5) is 18.2. The van der Waals surface area contributed by atoms with Gasteiger partial charge in [0.25, 0.3) is 0 Å². The van der Waals surface area contributed by atoms with Crippen LogP contribution in [0.1, 0.15) is 23.5 Å². The molecule has 1 aliphatic carbocycles. The maximum absolute atomic E-state index is 10.1. The van der Waals surface area contributed by atoms with Crippen LogP contribution in [0.2, 0.25) is 0 Å². The first-order valence-electron chi connectivity index (χ1n) is 3.78. The summed E-state index contributed by atoms with van der Waals surface area (Å²) in [7, 11) is 0. The summed E-state index contributed by atoms with van der Waals surface area (Å²) < 4.78 is 0. The van der Waals surface area contributed by atoms with E-state index in [1.807, 2.05) is 12.3 Å². The third-order valence-corrected chi connectivity index (χ3v) is 2.85. The number of aromatic nitrogens is 1. The molecule has 0 radical (unpaired) electrons. The van der Waals surface area contributed by atoms with Gasteiger partial charge in [-0.15, -0.1) is 11.3 Å². The van der Waals surface area contributed by atoms with E-state index in [1.54, 1.807) is 17.4 Å². The Hall–Kier alpha value is -0.990. The zero-order valence-electron chi connectivity index (χ0n) is 6.70. The molecule has 1 heterocycles. The first-order valence-corrected chi connectivity index (χ1v) is 4.66. The monoisotopic (exact) mass is 180 g/mol. The molecule has 0 aliphatic heterocycles. The first kappa shape index (κ1) is 7.65. The van der Waals surface area contributed by atoms with Crippen molar-refractivity contribution in [2.45, 2.75) is 25.3 Å². The molecule has 0 bridgehead atoms. The SMILES string of the molecule is Cc1nc(C2(N=C=O)CC2)cs1. The highest BCUT2D eigenvalue weighted by Crippen LogP contribution is 2.49. The molecule has 0 saturated heterocycles. The number of carbonyl (C=O) groups excluding carboxylic acids is 1. The van der Waals surface area contributed by atoms with Crippen molar-refractivity contribution in [1.82, 2.24) is 4.98 Å². The highest BCUT2D eigenvalue weighted by Gasteiger charge is 2.46.